The Balaban J connectivity index is 1.68. The van der Waals surface area contributed by atoms with Gasteiger partial charge in [0.25, 0.3) is 0 Å². The molecule has 204 valence electrons. The summed E-state index contributed by atoms with van der Waals surface area (Å²) >= 11 is 0. The number of rotatable bonds is 2. The van der Waals surface area contributed by atoms with Gasteiger partial charge in [-0.3, -0.25) is 19.2 Å². The normalized spacial score (nSPS) is 27.9. The van der Waals surface area contributed by atoms with Crippen LogP contribution < -0.4 is 21.7 Å². The van der Waals surface area contributed by atoms with Crippen molar-refractivity contribution >= 4 is 23.6 Å². The first-order chi connectivity index (χ1) is 17.1. The van der Waals surface area contributed by atoms with Crippen molar-refractivity contribution < 1.29 is 37.4 Å². The minimum atomic E-state index is -2.61. The lowest BCUT2D eigenvalue weighted by molar-refractivity contribution is -0.133. The van der Waals surface area contributed by atoms with Crippen LogP contribution in [0, 0.1) is 0 Å². The fraction of sp³-hybridized carbons (Fsp3) is 0.826. The zero-order valence-corrected chi connectivity index (χ0v) is 20.5. The Hall–Kier alpha value is -2.38. The Morgan fingerprint density at radius 3 is 2.28 bits per heavy atom. The lowest BCUT2D eigenvalue weighted by Crippen LogP contribution is -2.60. The highest BCUT2D eigenvalue weighted by atomic mass is 19.3. The molecule has 1 spiro atoms. The van der Waals surface area contributed by atoms with E-state index < -0.39 is 35.2 Å². The van der Waals surface area contributed by atoms with Gasteiger partial charge in [0.05, 0.1) is 31.8 Å². The Morgan fingerprint density at radius 2 is 1.61 bits per heavy atom. The van der Waals surface area contributed by atoms with E-state index in [9.17, 15) is 28.0 Å². The van der Waals surface area contributed by atoms with Crippen molar-refractivity contribution in [2.45, 2.75) is 74.9 Å². The first-order valence-electron chi connectivity index (χ1n) is 12.5. The average Bonchev–Trinajstić information content (AvgIpc) is 2.80. The summed E-state index contributed by atoms with van der Waals surface area (Å²) in [6.45, 7) is 1.67. The molecule has 2 saturated heterocycles. The third-order valence-corrected chi connectivity index (χ3v) is 7.10. The van der Waals surface area contributed by atoms with Crippen LogP contribution in [0.3, 0.4) is 0 Å². The van der Waals surface area contributed by atoms with Crippen LogP contribution in [-0.4, -0.2) is 98.1 Å². The molecule has 3 rings (SSSR count). The Kier molecular flexibility index (Phi) is 9.97. The summed E-state index contributed by atoms with van der Waals surface area (Å²) in [5.41, 5.74) is 4.49. The van der Waals surface area contributed by atoms with Crippen molar-refractivity contribution in [3.63, 3.8) is 0 Å². The predicted molar refractivity (Wildman–Crippen MR) is 124 cm³/mol. The maximum Gasteiger partial charge on any atom is 0.248 e. The number of nitrogens with one attached hydrogen (secondary N) is 3. The minimum absolute atomic E-state index is 0.0442. The van der Waals surface area contributed by atoms with Crippen LogP contribution in [-0.2, 0) is 28.7 Å². The summed E-state index contributed by atoms with van der Waals surface area (Å²) < 4.78 is 37.9. The van der Waals surface area contributed by atoms with Gasteiger partial charge in [0.1, 0.15) is 12.6 Å². The van der Waals surface area contributed by atoms with Gasteiger partial charge in [-0.25, -0.2) is 8.78 Å². The summed E-state index contributed by atoms with van der Waals surface area (Å²) in [6.07, 6.45) is 0.945. The molecule has 3 aliphatic rings. The molecule has 3 fully saturated rings. The van der Waals surface area contributed by atoms with Gasteiger partial charge in [0.2, 0.25) is 29.6 Å². The number of carbonyl (C=O) groups excluding carboxylic acids is 4. The standard InChI is InChI=1S/C23H37F2N5O6/c24-23(25)3-1-16(2-4-23)30-8-5-22(6-9-30)14-19(32)28-17(21(26)34)13-18(31)27-7-10-35-11-12-36-15-20(33)29-22/h16-17H,1-15H2,(H2,26,34)(H,27,31)(H,28,32)(H,29,33). The van der Waals surface area contributed by atoms with Crippen molar-refractivity contribution in [3.05, 3.63) is 0 Å². The molecule has 0 aromatic carbocycles. The number of hydrogen-bond donors (Lipinski definition) is 4. The van der Waals surface area contributed by atoms with Crippen molar-refractivity contribution in [1.82, 2.24) is 20.9 Å². The van der Waals surface area contributed by atoms with Gasteiger partial charge in [-0.1, -0.05) is 0 Å². The van der Waals surface area contributed by atoms with Gasteiger partial charge in [0.15, 0.2) is 0 Å². The fourth-order valence-corrected chi connectivity index (χ4v) is 5.07. The van der Waals surface area contributed by atoms with Crippen LogP contribution in [0.1, 0.15) is 51.4 Å². The monoisotopic (exact) mass is 517 g/mol. The molecule has 0 aromatic heterocycles. The summed E-state index contributed by atoms with van der Waals surface area (Å²) in [5, 5.41) is 8.06. The quantitative estimate of drug-likeness (QED) is 0.383. The van der Waals surface area contributed by atoms with Gasteiger partial charge in [-0.2, -0.15) is 0 Å². The topological polar surface area (TPSA) is 152 Å². The molecule has 13 heteroatoms. The molecular weight excluding hydrogens is 480 g/mol. The molecule has 36 heavy (non-hydrogen) atoms. The van der Waals surface area contributed by atoms with Crippen molar-refractivity contribution in [2.24, 2.45) is 5.73 Å². The van der Waals surface area contributed by atoms with E-state index in [4.69, 9.17) is 15.2 Å². The van der Waals surface area contributed by atoms with Crippen molar-refractivity contribution in [3.8, 4) is 0 Å². The van der Waals surface area contributed by atoms with Crippen LogP contribution in [0.5, 0.6) is 0 Å². The van der Waals surface area contributed by atoms with Gasteiger partial charge in [0, 0.05) is 44.9 Å². The summed E-state index contributed by atoms with van der Waals surface area (Å²) in [6, 6.07) is -1.16. The second-order valence-corrected chi connectivity index (χ2v) is 9.87. The molecule has 5 N–H and O–H groups in total. The molecule has 2 aliphatic heterocycles. The Labute approximate surface area is 209 Å². The molecule has 1 saturated carbocycles. The first kappa shape index (κ1) is 28.2. The highest BCUT2D eigenvalue weighted by Gasteiger charge is 2.42. The molecule has 0 radical (unpaired) electrons. The summed E-state index contributed by atoms with van der Waals surface area (Å²) in [5.74, 6) is -4.83. The molecule has 2 heterocycles. The molecule has 1 aliphatic carbocycles. The van der Waals surface area contributed by atoms with Crippen LogP contribution >= 0.6 is 0 Å². The van der Waals surface area contributed by atoms with Crippen LogP contribution in [0.15, 0.2) is 0 Å². The molecule has 1 atom stereocenters. The number of primary amides is 1. The zero-order chi connectivity index (χ0) is 26.2. The predicted octanol–water partition coefficient (Wildman–Crippen LogP) is -0.572. The number of nitrogens with two attached hydrogens (primary N) is 1. The average molecular weight is 518 g/mol. The van der Waals surface area contributed by atoms with Crippen LogP contribution in [0.25, 0.3) is 0 Å². The highest BCUT2D eigenvalue weighted by molar-refractivity contribution is 5.91. The second-order valence-electron chi connectivity index (χ2n) is 9.87. The van der Waals surface area contributed by atoms with Crippen molar-refractivity contribution in [1.29, 1.82) is 0 Å². The van der Waals surface area contributed by atoms with E-state index >= 15 is 0 Å². The smallest absolute Gasteiger partial charge is 0.248 e. The Bertz CT molecular complexity index is 796. The molecule has 0 aromatic rings. The molecule has 0 bridgehead atoms. The summed E-state index contributed by atoms with van der Waals surface area (Å²) in [7, 11) is 0. The zero-order valence-electron chi connectivity index (χ0n) is 20.5. The first-order valence-corrected chi connectivity index (χ1v) is 12.5. The van der Waals surface area contributed by atoms with E-state index in [-0.39, 0.29) is 70.6 Å². The van der Waals surface area contributed by atoms with E-state index in [1.165, 1.54) is 0 Å². The van der Waals surface area contributed by atoms with E-state index in [0.717, 1.165) is 0 Å². The van der Waals surface area contributed by atoms with Crippen LogP contribution in [0.2, 0.25) is 0 Å². The van der Waals surface area contributed by atoms with Gasteiger partial charge < -0.3 is 36.1 Å². The summed E-state index contributed by atoms with van der Waals surface area (Å²) in [4.78, 5) is 51.8. The molecule has 11 nitrogen and oxygen atoms in total. The number of likely N-dealkylation sites (tertiary alicyclic amines) is 1. The third-order valence-electron chi connectivity index (χ3n) is 7.10. The van der Waals surface area contributed by atoms with Crippen LogP contribution in [0.4, 0.5) is 8.78 Å². The van der Waals surface area contributed by atoms with Gasteiger partial charge >= 0.3 is 0 Å². The highest BCUT2D eigenvalue weighted by Crippen LogP contribution is 2.37. The largest absolute Gasteiger partial charge is 0.377 e. The maximum atomic E-state index is 13.6. The van der Waals surface area contributed by atoms with E-state index in [1.54, 1.807) is 0 Å². The van der Waals surface area contributed by atoms with Crippen molar-refractivity contribution in [2.75, 3.05) is 46.1 Å². The minimum Gasteiger partial charge on any atom is -0.377 e. The number of alkyl halides is 2. The number of nitrogens with zero attached hydrogens (tertiary/aromatic N) is 1. The fourth-order valence-electron chi connectivity index (χ4n) is 5.07. The number of carbonyl (C=O) groups is 4. The van der Waals surface area contributed by atoms with Gasteiger partial charge in [-0.05, 0) is 25.7 Å². The number of halogens is 2. The molecule has 4 amide bonds. The number of piperidine rings is 1. The third kappa shape index (κ3) is 8.63. The lowest BCUT2D eigenvalue weighted by atomic mass is 9.81. The van der Waals surface area contributed by atoms with E-state index in [1.807, 2.05) is 0 Å². The number of ether oxygens (including phenoxy) is 2. The SMILES string of the molecule is NC(=O)C1CC(=O)NCCOCCOCC(=O)NC2(CCN(C3CCC(F)(F)CC3)CC2)CC(=O)N1. The lowest BCUT2D eigenvalue weighted by Gasteiger charge is -2.46. The Morgan fingerprint density at radius 1 is 0.944 bits per heavy atom. The van der Waals surface area contributed by atoms with E-state index in [2.05, 4.69) is 20.9 Å². The second kappa shape index (κ2) is 12.7. The molecular formula is C23H37F2N5O6. The number of hydrogen-bond acceptors (Lipinski definition) is 7. The van der Waals surface area contributed by atoms with E-state index in [0.29, 0.717) is 38.8 Å². The maximum absolute atomic E-state index is 13.6. The number of amides is 4. The van der Waals surface area contributed by atoms with Gasteiger partial charge in [-0.15, -0.1) is 0 Å². The molecule has 1 unspecified atom stereocenters.